The number of carbonyl (C=O) groups is 2. The number of nitrogens with one attached hydrogen (secondary N) is 1. The number of carbonyl (C=O) groups excluding carboxylic acids is 2. The van der Waals surface area contributed by atoms with Gasteiger partial charge in [-0.25, -0.2) is 14.7 Å². The Morgan fingerprint density at radius 2 is 1.77 bits per heavy atom. The van der Waals surface area contributed by atoms with E-state index in [-0.39, 0.29) is 18.2 Å². The van der Waals surface area contributed by atoms with Gasteiger partial charge in [-0.1, -0.05) is 30.3 Å². The number of aromatic nitrogens is 2. The van der Waals surface area contributed by atoms with E-state index in [1.165, 1.54) is 0 Å². The molecule has 1 N–H and O–H groups in total. The number of benzene rings is 1. The fourth-order valence-corrected chi connectivity index (χ4v) is 4.69. The standard InChI is InChI=1S/C26H34N4O5/c1-26(2,3)35-25(33)30-14-13-29(24(32)34-17-18-9-5-4-6-10-18)16-19(30)15-22-20-11-7-8-12-21(20)23(31)28-27-22/h4-6,9-10,19H,7-8,11-17H2,1-3H3,(H,28,31). The van der Waals surface area contributed by atoms with Crippen LogP contribution in [0.3, 0.4) is 0 Å². The molecule has 1 aromatic heterocycles. The molecule has 0 saturated carbocycles. The average molecular weight is 483 g/mol. The summed E-state index contributed by atoms with van der Waals surface area (Å²) in [5.74, 6) is 0. The molecule has 1 unspecified atom stereocenters. The molecule has 35 heavy (non-hydrogen) atoms. The number of hydrogen-bond acceptors (Lipinski definition) is 6. The number of fused-ring (bicyclic) bond motifs is 1. The van der Waals surface area contributed by atoms with Crippen LogP contribution >= 0.6 is 0 Å². The third-order valence-corrected chi connectivity index (χ3v) is 6.39. The Balaban J connectivity index is 1.52. The van der Waals surface area contributed by atoms with Gasteiger partial charge in [-0.2, -0.15) is 5.10 Å². The molecule has 2 amide bonds. The first kappa shape index (κ1) is 24.8. The van der Waals surface area contributed by atoms with E-state index >= 15 is 0 Å². The molecule has 9 heteroatoms. The Bertz CT molecular complexity index is 1110. The van der Waals surface area contributed by atoms with Crippen molar-refractivity contribution in [2.24, 2.45) is 0 Å². The normalized spacial score (nSPS) is 18.1. The van der Waals surface area contributed by atoms with Gasteiger partial charge in [0.1, 0.15) is 12.2 Å². The minimum absolute atomic E-state index is 0.137. The van der Waals surface area contributed by atoms with Crippen molar-refractivity contribution in [1.29, 1.82) is 0 Å². The summed E-state index contributed by atoms with van der Waals surface area (Å²) in [6.07, 6.45) is 3.10. The molecule has 0 bridgehead atoms. The number of aromatic amines is 1. The topological polar surface area (TPSA) is 105 Å². The highest BCUT2D eigenvalue weighted by Crippen LogP contribution is 2.24. The van der Waals surface area contributed by atoms with Gasteiger partial charge in [-0.3, -0.25) is 4.79 Å². The highest BCUT2D eigenvalue weighted by molar-refractivity contribution is 5.71. The molecule has 1 aliphatic heterocycles. The van der Waals surface area contributed by atoms with Crippen LogP contribution in [-0.4, -0.2) is 63.5 Å². The van der Waals surface area contributed by atoms with Gasteiger partial charge in [0.15, 0.2) is 0 Å². The zero-order chi connectivity index (χ0) is 25.0. The van der Waals surface area contributed by atoms with E-state index in [9.17, 15) is 14.4 Å². The van der Waals surface area contributed by atoms with E-state index in [0.717, 1.165) is 48.1 Å². The predicted molar refractivity (Wildman–Crippen MR) is 130 cm³/mol. The summed E-state index contributed by atoms with van der Waals surface area (Å²) in [5, 5.41) is 6.98. The minimum atomic E-state index is -0.636. The second-order valence-corrected chi connectivity index (χ2v) is 10.2. The van der Waals surface area contributed by atoms with Crippen LogP contribution in [0.5, 0.6) is 0 Å². The molecular formula is C26H34N4O5. The van der Waals surface area contributed by atoms with Gasteiger partial charge in [0.25, 0.3) is 5.56 Å². The number of H-pyrrole nitrogens is 1. The summed E-state index contributed by atoms with van der Waals surface area (Å²) in [5.41, 5.74) is 2.68. The smallest absolute Gasteiger partial charge is 0.410 e. The van der Waals surface area contributed by atoms with Crippen molar-refractivity contribution in [1.82, 2.24) is 20.0 Å². The maximum absolute atomic E-state index is 13.0. The lowest BCUT2D eigenvalue weighted by atomic mass is 9.89. The van der Waals surface area contributed by atoms with Crippen LogP contribution in [0.4, 0.5) is 9.59 Å². The van der Waals surface area contributed by atoms with Crippen molar-refractivity contribution in [2.45, 2.75) is 71.1 Å². The molecule has 1 aromatic carbocycles. The SMILES string of the molecule is CC(C)(C)OC(=O)N1CCN(C(=O)OCc2ccccc2)CC1Cc1n[nH]c(=O)c2c1CCCC2. The fourth-order valence-electron chi connectivity index (χ4n) is 4.69. The molecule has 0 spiro atoms. The number of piperazine rings is 1. The van der Waals surface area contributed by atoms with Crippen molar-refractivity contribution < 1.29 is 19.1 Å². The van der Waals surface area contributed by atoms with Crippen molar-refractivity contribution in [3.8, 4) is 0 Å². The van der Waals surface area contributed by atoms with E-state index in [1.807, 2.05) is 51.1 Å². The first-order valence-electron chi connectivity index (χ1n) is 12.3. The molecule has 1 aliphatic carbocycles. The second-order valence-electron chi connectivity index (χ2n) is 10.2. The van der Waals surface area contributed by atoms with Crippen molar-refractivity contribution >= 4 is 12.2 Å². The summed E-state index contributed by atoms with van der Waals surface area (Å²) in [6, 6.07) is 9.17. The summed E-state index contributed by atoms with van der Waals surface area (Å²) in [6.45, 7) is 6.64. The Kier molecular flexibility index (Phi) is 7.42. The highest BCUT2D eigenvalue weighted by atomic mass is 16.6. The van der Waals surface area contributed by atoms with Gasteiger partial charge in [-0.05, 0) is 57.6 Å². The molecular weight excluding hydrogens is 448 g/mol. The molecule has 2 aromatic rings. The van der Waals surface area contributed by atoms with Crippen molar-refractivity contribution in [3.05, 3.63) is 63.1 Å². The third kappa shape index (κ3) is 6.21. The number of rotatable bonds is 4. The van der Waals surface area contributed by atoms with Gasteiger partial charge in [-0.15, -0.1) is 0 Å². The van der Waals surface area contributed by atoms with Crippen LogP contribution in [0.2, 0.25) is 0 Å². The molecule has 188 valence electrons. The fraction of sp³-hybridized carbons (Fsp3) is 0.538. The quantitative estimate of drug-likeness (QED) is 0.716. The van der Waals surface area contributed by atoms with E-state index in [2.05, 4.69) is 10.2 Å². The van der Waals surface area contributed by atoms with Gasteiger partial charge in [0.2, 0.25) is 0 Å². The van der Waals surface area contributed by atoms with E-state index < -0.39 is 17.8 Å². The Morgan fingerprint density at radius 3 is 2.49 bits per heavy atom. The van der Waals surface area contributed by atoms with E-state index in [0.29, 0.717) is 26.1 Å². The molecule has 0 radical (unpaired) electrons. The monoisotopic (exact) mass is 482 g/mol. The Morgan fingerprint density at radius 1 is 1.06 bits per heavy atom. The summed E-state index contributed by atoms with van der Waals surface area (Å²) >= 11 is 0. The van der Waals surface area contributed by atoms with Gasteiger partial charge >= 0.3 is 12.2 Å². The molecule has 1 fully saturated rings. The Hall–Kier alpha value is -3.36. The van der Waals surface area contributed by atoms with Gasteiger partial charge in [0.05, 0.1) is 11.7 Å². The van der Waals surface area contributed by atoms with E-state index in [4.69, 9.17) is 9.47 Å². The number of hydrogen-bond donors (Lipinski definition) is 1. The van der Waals surface area contributed by atoms with Crippen LogP contribution in [0.25, 0.3) is 0 Å². The Labute approximate surface area is 205 Å². The van der Waals surface area contributed by atoms with Crippen LogP contribution < -0.4 is 5.56 Å². The average Bonchev–Trinajstić information content (AvgIpc) is 2.84. The number of nitrogens with zero attached hydrogens (tertiary/aromatic N) is 3. The summed E-state index contributed by atoms with van der Waals surface area (Å²) in [4.78, 5) is 41.5. The van der Waals surface area contributed by atoms with E-state index in [1.54, 1.807) is 9.80 Å². The third-order valence-electron chi connectivity index (χ3n) is 6.39. The molecule has 1 saturated heterocycles. The van der Waals surface area contributed by atoms with Crippen LogP contribution in [0.15, 0.2) is 35.1 Å². The van der Waals surface area contributed by atoms with Crippen LogP contribution in [-0.2, 0) is 35.3 Å². The number of ether oxygens (including phenoxy) is 2. The lowest BCUT2D eigenvalue weighted by Gasteiger charge is -2.41. The first-order valence-corrected chi connectivity index (χ1v) is 12.3. The molecule has 9 nitrogen and oxygen atoms in total. The molecule has 2 heterocycles. The summed E-state index contributed by atoms with van der Waals surface area (Å²) < 4.78 is 11.2. The lowest BCUT2D eigenvalue weighted by molar-refractivity contribution is -0.00324. The molecule has 2 aliphatic rings. The largest absolute Gasteiger partial charge is 0.445 e. The maximum Gasteiger partial charge on any atom is 0.410 e. The van der Waals surface area contributed by atoms with Gasteiger partial charge in [0, 0.05) is 31.6 Å². The summed E-state index contributed by atoms with van der Waals surface area (Å²) in [7, 11) is 0. The maximum atomic E-state index is 13.0. The first-order chi connectivity index (χ1) is 16.7. The minimum Gasteiger partial charge on any atom is -0.445 e. The molecule has 4 rings (SSSR count). The second kappa shape index (κ2) is 10.5. The zero-order valence-electron chi connectivity index (χ0n) is 20.7. The number of amides is 2. The molecule has 1 atom stereocenters. The predicted octanol–water partition coefficient (Wildman–Crippen LogP) is 3.45. The van der Waals surface area contributed by atoms with Crippen LogP contribution in [0.1, 0.15) is 56.0 Å². The van der Waals surface area contributed by atoms with Crippen LogP contribution in [0, 0.1) is 0 Å². The highest BCUT2D eigenvalue weighted by Gasteiger charge is 2.36. The lowest BCUT2D eigenvalue weighted by Crippen LogP contribution is -2.58. The zero-order valence-corrected chi connectivity index (χ0v) is 20.7. The van der Waals surface area contributed by atoms with Gasteiger partial charge < -0.3 is 19.3 Å². The van der Waals surface area contributed by atoms with Crippen molar-refractivity contribution in [2.75, 3.05) is 19.6 Å². The van der Waals surface area contributed by atoms with Crippen molar-refractivity contribution in [3.63, 3.8) is 0 Å².